The molecule has 0 spiro atoms. The Balaban J connectivity index is 1.77. The minimum Gasteiger partial charge on any atom is -0.480 e. The topological polar surface area (TPSA) is 128 Å². The van der Waals surface area contributed by atoms with Gasteiger partial charge in [0.15, 0.2) is 0 Å². The number of hydrogen-bond donors (Lipinski definition) is 4. The lowest BCUT2D eigenvalue weighted by atomic mass is 9.92. The molecule has 0 radical (unpaired) electrons. The molecule has 2 heterocycles. The third-order valence-corrected chi connectivity index (χ3v) is 6.08. The smallest absolute Gasteiger partial charge is 0.328 e. The van der Waals surface area contributed by atoms with E-state index >= 15 is 0 Å². The van der Waals surface area contributed by atoms with Gasteiger partial charge in [-0.2, -0.15) is 0 Å². The van der Waals surface area contributed by atoms with Crippen LogP contribution in [-0.4, -0.2) is 72.5 Å². The minimum atomic E-state index is -1.18. The van der Waals surface area contributed by atoms with Gasteiger partial charge in [-0.1, -0.05) is 13.8 Å². The maximum Gasteiger partial charge on any atom is 0.328 e. The molecule has 2 fully saturated rings. The van der Waals surface area contributed by atoms with Crippen LogP contribution >= 0.6 is 0 Å². The first-order chi connectivity index (χ1) is 14.8. The van der Waals surface area contributed by atoms with Crippen LogP contribution in [0.2, 0.25) is 0 Å². The zero-order valence-electron chi connectivity index (χ0n) is 18.8. The SMILES string of the molecule is CC(C)CC(=O)NC(CNC(=O)[C@@H]1CCCN(C(=O)CCC2CCNCC2)C1)C(=O)O. The van der Waals surface area contributed by atoms with Gasteiger partial charge in [0.05, 0.1) is 5.92 Å². The number of hydrogen-bond acceptors (Lipinski definition) is 5. The van der Waals surface area contributed by atoms with E-state index in [2.05, 4.69) is 16.0 Å². The van der Waals surface area contributed by atoms with E-state index in [0.29, 0.717) is 31.8 Å². The first kappa shape index (κ1) is 25.1. The maximum atomic E-state index is 12.6. The van der Waals surface area contributed by atoms with Gasteiger partial charge in [-0.25, -0.2) is 4.79 Å². The molecule has 0 bridgehead atoms. The average Bonchev–Trinajstić information content (AvgIpc) is 2.74. The lowest BCUT2D eigenvalue weighted by molar-refractivity contribution is -0.142. The largest absolute Gasteiger partial charge is 0.480 e. The quantitative estimate of drug-likeness (QED) is 0.398. The second kappa shape index (κ2) is 12.6. The molecule has 2 aliphatic rings. The Labute approximate surface area is 184 Å². The van der Waals surface area contributed by atoms with Crippen LogP contribution in [0.5, 0.6) is 0 Å². The van der Waals surface area contributed by atoms with Crippen LogP contribution < -0.4 is 16.0 Å². The van der Waals surface area contributed by atoms with Crippen molar-refractivity contribution in [1.29, 1.82) is 0 Å². The number of likely N-dealkylation sites (tertiary alicyclic amines) is 1. The second-order valence-corrected chi connectivity index (χ2v) is 9.21. The Kier molecular flexibility index (Phi) is 10.2. The van der Waals surface area contributed by atoms with Crippen LogP contribution in [0.25, 0.3) is 0 Å². The Hall–Kier alpha value is -2.16. The van der Waals surface area contributed by atoms with Crippen LogP contribution in [-0.2, 0) is 19.2 Å². The van der Waals surface area contributed by atoms with E-state index in [-0.39, 0.29) is 42.5 Å². The highest BCUT2D eigenvalue weighted by molar-refractivity contribution is 5.85. The summed E-state index contributed by atoms with van der Waals surface area (Å²) in [5, 5.41) is 17.8. The summed E-state index contributed by atoms with van der Waals surface area (Å²) in [6, 6.07) is -1.17. The predicted molar refractivity (Wildman–Crippen MR) is 116 cm³/mol. The number of carbonyl (C=O) groups is 4. The van der Waals surface area contributed by atoms with Gasteiger partial charge in [0.1, 0.15) is 6.04 Å². The molecule has 2 atom stereocenters. The van der Waals surface area contributed by atoms with Crippen molar-refractivity contribution in [2.24, 2.45) is 17.8 Å². The van der Waals surface area contributed by atoms with Crippen LogP contribution in [0.3, 0.4) is 0 Å². The number of piperidine rings is 2. The monoisotopic (exact) mass is 438 g/mol. The van der Waals surface area contributed by atoms with Gasteiger partial charge in [-0.15, -0.1) is 0 Å². The number of amides is 3. The predicted octanol–water partition coefficient (Wildman–Crippen LogP) is 0.737. The highest BCUT2D eigenvalue weighted by atomic mass is 16.4. The number of carboxylic acid groups (broad SMARTS) is 1. The van der Waals surface area contributed by atoms with Crippen molar-refractivity contribution >= 4 is 23.7 Å². The van der Waals surface area contributed by atoms with Crippen LogP contribution in [0.4, 0.5) is 0 Å². The first-order valence-corrected chi connectivity index (χ1v) is 11.5. The van der Waals surface area contributed by atoms with Crippen molar-refractivity contribution < 1.29 is 24.3 Å². The molecule has 2 rings (SSSR count). The average molecular weight is 439 g/mol. The summed E-state index contributed by atoms with van der Waals surface area (Å²) >= 11 is 0. The van der Waals surface area contributed by atoms with Crippen molar-refractivity contribution in [3.05, 3.63) is 0 Å². The Morgan fingerprint density at radius 3 is 2.48 bits per heavy atom. The van der Waals surface area contributed by atoms with Crippen molar-refractivity contribution in [2.75, 3.05) is 32.7 Å². The summed E-state index contributed by atoms with van der Waals surface area (Å²) in [5.74, 6) is -1.34. The fraction of sp³-hybridized carbons (Fsp3) is 0.818. The first-order valence-electron chi connectivity index (χ1n) is 11.5. The molecule has 9 nitrogen and oxygen atoms in total. The standard InChI is InChI=1S/C22H38N4O5/c1-15(2)12-19(27)25-18(22(30)31)13-24-21(29)17-4-3-11-26(14-17)20(28)6-5-16-7-9-23-10-8-16/h15-18,23H,3-14H2,1-2H3,(H,24,29)(H,25,27)(H,30,31)/t17-,18?/m1/s1. The molecular formula is C22H38N4O5. The Morgan fingerprint density at radius 2 is 1.84 bits per heavy atom. The van der Waals surface area contributed by atoms with Gasteiger partial charge < -0.3 is 26.0 Å². The summed E-state index contributed by atoms with van der Waals surface area (Å²) in [5.41, 5.74) is 0. The summed E-state index contributed by atoms with van der Waals surface area (Å²) < 4.78 is 0. The zero-order valence-corrected chi connectivity index (χ0v) is 18.8. The summed E-state index contributed by atoms with van der Waals surface area (Å²) in [6.45, 7) is 6.64. The number of nitrogens with one attached hydrogen (secondary N) is 3. The third-order valence-electron chi connectivity index (χ3n) is 6.08. The number of rotatable bonds is 10. The molecule has 0 aliphatic carbocycles. The molecule has 2 saturated heterocycles. The molecule has 1 unspecified atom stereocenters. The molecule has 9 heteroatoms. The van der Waals surface area contributed by atoms with Crippen molar-refractivity contribution in [3.63, 3.8) is 0 Å². The number of carbonyl (C=O) groups excluding carboxylic acids is 3. The van der Waals surface area contributed by atoms with Crippen molar-refractivity contribution in [2.45, 2.75) is 64.8 Å². The molecule has 31 heavy (non-hydrogen) atoms. The Morgan fingerprint density at radius 1 is 1.13 bits per heavy atom. The lowest BCUT2D eigenvalue weighted by Crippen LogP contribution is -2.51. The molecule has 0 aromatic heterocycles. The normalized spacial score (nSPS) is 20.9. The fourth-order valence-electron chi connectivity index (χ4n) is 4.24. The number of aliphatic carboxylic acids is 1. The molecule has 2 aliphatic heterocycles. The van der Waals surface area contributed by atoms with Crippen molar-refractivity contribution in [1.82, 2.24) is 20.9 Å². The molecule has 0 saturated carbocycles. The summed E-state index contributed by atoms with van der Waals surface area (Å²) in [4.78, 5) is 50.3. The van der Waals surface area contributed by atoms with E-state index < -0.39 is 12.0 Å². The fourth-order valence-corrected chi connectivity index (χ4v) is 4.24. The van der Waals surface area contributed by atoms with Gasteiger partial charge in [-0.05, 0) is 57.0 Å². The van der Waals surface area contributed by atoms with Crippen LogP contribution in [0.15, 0.2) is 0 Å². The lowest BCUT2D eigenvalue weighted by Gasteiger charge is -2.33. The van der Waals surface area contributed by atoms with Gasteiger partial charge in [0, 0.05) is 32.5 Å². The van der Waals surface area contributed by atoms with Crippen molar-refractivity contribution in [3.8, 4) is 0 Å². The Bertz CT molecular complexity index is 633. The number of nitrogens with zero attached hydrogens (tertiary/aromatic N) is 1. The van der Waals surface area contributed by atoms with E-state index in [1.807, 2.05) is 13.8 Å². The van der Waals surface area contributed by atoms with Gasteiger partial charge in [0.2, 0.25) is 17.7 Å². The van der Waals surface area contributed by atoms with E-state index in [0.717, 1.165) is 38.8 Å². The van der Waals surface area contributed by atoms with Crippen LogP contribution in [0, 0.1) is 17.8 Å². The molecular weight excluding hydrogens is 400 g/mol. The summed E-state index contributed by atoms with van der Waals surface area (Å²) in [7, 11) is 0. The van der Waals surface area contributed by atoms with Gasteiger partial charge >= 0.3 is 5.97 Å². The molecule has 4 N–H and O–H groups in total. The second-order valence-electron chi connectivity index (χ2n) is 9.21. The maximum absolute atomic E-state index is 12.6. The molecule has 3 amide bonds. The molecule has 0 aromatic carbocycles. The zero-order chi connectivity index (χ0) is 22.8. The number of carboxylic acids is 1. The van der Waals surface area contributed by atoms with E-state index in [9.17, 15) is 24.3 Å². The molecule has 0 aromatic rings. The van der Waals surface area contributed by atoms with Gasteiger partial charge in [0.25, 0.3) is 0 Å². The van der Waals surface area contributed by atoms with Crippen LogP contribution in [0.1, 0.15) is 58.8 Å². The van der Waals surface area contributed by atoms with E-state index in [1.54, 1.807) is 4.90 Å². The highest BCUT2D eigenvalue weighted by Crippen LogP contribution is 2.21. The molecule has 176 valence electrons. The van der Waals surface area contributed by atoms with E-state index in [1.165, 1.54) is 0 Å². The van der Waals surface area contributed by atoms with Gasteiger partial charge in [-0.3, -0.25) is 14.4 Å². The highest BCUT2D eigenvalue weighted by Gasteiger charge is 2.30. The minimum absolute atomic E-state index is 0.0976. The van der Waals surface area contributed by atoms with E-state index in [4.69, 9.17) is 0 Å². The summed E-state index contributed by atoms with van der Waals surface area (Å²) in [6.07, 6.45) is 5.28. The third kappa shape index (κ3) is 8.85.